The molecule has 0 heterocycles. The monoisotopic (exact) mass is 1290 g/mol. The van der Waals surface area contributed by atoms with Gasteiger partial charge in [-0.05, 0) is 0 Å². The zero-order chi connectivity index (χ0) is 54.4. The van der Waals surface area contributed by atoms with Crippen molar-refractivity contribution in [3.05, 3.63) is 261 Å². The molecular formula is C70H70Cl4Si2Zr2. The Hall–Kier alpha value is -3.92. The summed E-state index contributed by atoms with van der Waals surface area (Å²) >= 11 is -12.8. The fourth-order valence-corrected chi connectivity index (χ4v) is 138. The zero-order valence-corrected chi connectivity index (χ0v) is 56.6. The van der Waals surface area contributed by atoms with Gasteiger partial charge in [-0.3, -0.25) is 0 Å². The maximum absolute atomic E-state index is 10.0. The van der Waals surface area contributed by atoms with E-state index in [0.29, 0.717) is 8.26 Å². The third kappa shape index (κ3) is 8.02. The first-order valence-corrected chi connectivity index (χ1v) is 65.1. The minimum atomic E-state index is -6.40. The van der Waals surface area contributed by atoms with Crippen LogP contribution in [0.4, 0.5) is 0 Å². The van der Waals surface area contributed by atoms with E-state index in [1.165, 1.54) is 111 Å². The van der Waals surface area contributed by atoms with E-state index in [4.69, 9.17) is 0 Å². The van der Waals surface area contributed by atoms with Gasteiger partial charge in [0.25, 0.3) is 0 Å². The fraction of sp³-hybridized carbons (Fsp3) is 0.200. The molecule has 4 unspecified atom stereocenters. The average molecular weight is 1290 g/mol. The number of allylic oxidation sites excluding steroid dienone is 4. The maximum atomic E-state index is 10.0. The topological polar surface area (TPSA) is 0 Å². The summed E-state index contributed by atoms with van der Waals surface area (Å²) < 4.78 is 0.538. The Morgan fingerprint density at radius 3 is 0.846 bits per heavy atom. The molecule has 0 aromatic heterocycles. The van der Waals surface area contributed by atoms with Gasteiger partial charge >= 0.3 is 482 Å². The standard InChI is InChI=1S/2C17H15.2C16H13.C2H4.2CH5Si.4ClH.2Zr/c2*1-2-13-11-15-9-6-10-16(17(15)12-13)14-7-4-3-5-8-14;2*1-12-10-14-8-5-9-15(16(14)11-12)13-6-3-2-4-7-13;3*1-2;;;;;;/h2*3-12H,2H2,1H3;2*2-11H,1H3;1-2H2;2*2H2,1H3;4*1H;;/q;;;;;;;;;;;2*+2/p-4. The number of fused-ring (bicyclic) bond motifs is 4. The molecule has 0 bridgehead atoms. The van der Waals surface area contributed by atoms with E-state index in [2.05, 4.69) is 259 Å². The predicted molar refractivity (Wildman–Crippen MR) is 344 cm³/mol. The van der Waals surface area contributed by atoms with E-state index < -0.39 is 41.4 Å². The van der Waals surface area contributed by atoms with Crippen molar-refractivity contribution >= 4 is 71.6 Å². The second-order valence-electron chi connectivity index (χ2n) is 24.1. The Morgan fingerprint density at radius 2 is 0.590 bits per heavy atom. The molecule has 0 fully saturated rings. The van der Waals surface area contributed by atoms with Crippen LogP contribution in [-0.2, 0) is 28.1 Å². The van der Waals surface area contributed by atoms with E-state index in [1.807, 2.05) is 0 Å². The average Bonchev–Trinajstić information content (AvgIpc) is 1.65. The molecule has 78 heavy (non-hydrogen) atoms. The van der Waals surface area contributed by atoms with Crippen molar-refractivity contribution in [2.75, 3.05) is 0 Å². The molecule has 4 atom stereocenters. The molecule has 394 valence electrons. The summed E-state index contributed by atoms with van der Waals surface area (Å²) in [4.78, 5) is 0. The molecular weight excluding hydrogens is 1220 g/mol. The van der Waals surface area contributed by atoms with Gasteiger partial charge < -0.3 is 0 Å². The van der Waals surface area contributed by atoms with Gasteiger partial charge in [0, 0.05) is 0 Å². The van der Waals surface area contributed by atoms with Crippen LogP contribution in [0.2, 0.25) is 21.4 Å². The molecule has 0 N–H and O–H groups in total. The van der Waals surface area contributed by atoms with Crippen molar-refractivity contribution in [1.82, 2.24) is 0 Å². The Kier molecular flexibility index (Phi) is 13.6. The summed E-state index contributed by atoms with van der Waals surface area (Å²) in [5, 5.41) is 0. The SMILES string of the molecule is CCC1=Cc2c(-c3ccccc3)cccc2[CH]1[Zr]([Cl])([Cl])([CH2][CH2][Zr]([Cl])([Cl])([SiH2]C)([CH]1C(C)=Cc2c(-c3ccccc3)cccc21)[CH]1C(CC)=Cc2c(-c3ccccc3)cccc21)([SiH2]C)[CH]1C(C)=Cc2c(-c3ccccc3)cccc21. The molecule has 8 aromatic rings. The number of rotatable bonds is 15. The Labute approximate surface area is 476 Å². The van der Waals surface area contributed by atoms with Gasteiger partial charge in [0.05, 0.1) is 0 Å². The number of benzene rings is 8. The van der Waals surface area contributed by atoms with Gasteiger partial charge in [-0.1, -0.05) is 0 Å². The number of hydrogen-bond donors (Lipinski definition) is 0. The molecule has 8 aromatic carbocycles. The van der Waals surface area contributed by atoms with Crippen molar-refractivity contribution in [3.8, 4) is 44.5 Å². The Bertz CT molecular complexity index is 3630. The molecule has 4 aliphatic rings. The van der Waals surface area contributed by atoms with Gasteiger partial charge in [-0.15, -0.1) is 0 Å². The molecule has 0 radical (unpaired) electrons. The van der Waals surface area contributed by atoms with Crippen molar-refractivity contribution in [3.63, 3.8) is 0 Å². The number of halogens is 4. The first kappa shape index (κ1) is 54.7. The molecule has 0 nitrogen and oxygen atoms in total. The van der Waals surface area contributed by atoms with Gasteiger partial charge in [0.1, 0.15) is 0 Å². The molecule has 4 aliphatic carbocycles. The summed E-state index contributed by atoms with van der Waals surface area (Å²) in [5.74, 6) is 0. The molecule has 0 aliphatic heterocycles. The summed E-state index contributed by atoms with van der Waals surface area (Å²) in [5.41, 5.74) is 25.1. The second kappa shape index (κ2) is 19.3. The van der Waals surface area contributed by atoms with Crippen molar-refractivity contribution in [2.45, 2.75) is 76.4 Å². The third-order valence-electron chi connectivity index (χ3n) is 20.5. The Morgan fingerprint density at radius 1 is 0.333 bits per heavy atom. The van der Waals surface area contributed by atoms with E-state index >= 15 is 0 Å². The van der Waals surface area contributed by atoms with E-state index in [0.717, 1.165) is 12.8 Å². The van der Waals surface area contributed by atoms with Crippen LogP contribution in [0.1, 0.15) is 99.5 Å². The normalized spacial score (nSPS) is 20.5. The van der Waals surface area contributed by atoms with Crippen molar-refractivity contribution in [2.24, 2.45) is 0 Å². The molecule has 0 amide bonds. The molecule has 0 spiro atoms. The molecule has 8 heteroatoms. The van der Waals surface area contributed by atoms with Crippen LogP contribution < -0.4 is 0 Å². The summed E-state index contributed by atoms with van der Waals surface area (Å²) in [6.45, 7) is 11.6. The van der Waals surface area contributed by atoms with Crippen LogP contribution in [0, 0.1) is 0 Å². The molecule has 0 saturated carbocycles. The van der Waals surface area contributed by atoms with E-state index in [1.54, 1.807) is 0 Å². The van der Waals surface area contributed by atoms with E-state index in [9.17, 15) is 34.1 Å². The quantitative estimate of drug-likeness (QED) is 0.0898. The second-order valence-corrected chi connectivity index (χ2v) is 131. The number of hydrogen-bond acceptors (Lipinski definition) is 0. The van der Waals surface area contributed by atoms with Crippen LogP contribution in [0.3, 0.4) is 0 Å². The predicted octanol–water partition coefficient (Wildman–Crippen LogP) is 21.2. The van der Waals surface area contributed by atoms with Crippen molar-refractivity contribution in [1.29, 1.82) is 0 Å². The van der Waals surface area contributed by atoms with Crippen LogP contribution in [-0.4, -0.2) is 13.3 Å². The van der Waals surface area contributed by atoms with Gasteiger partial charge in [-0.2, -0.15) is 0 Å². The van der Waals surface area contributed by atoms with Crippen LogP contribution in [0.15, 0.2) is 216 Å². The van der Waals surface area contributed by atoms with Crippen LogP contribution in [0.5, 0.6) is 0 Å². The molecule has 12 rings (SSSR count). The minimum absolute atomic E-state index is 0.171. The first-order valence-electron chi connectivity index (χ1n) is 28.6. The van der Waals surface area contributed by atoms with Crippen molar-refractivity contribution < 1.29 is 28.1 Å². The van der Waals surface area contributed by atoms with E-state index in [-0.39, 0.29) is 14.5 Å². The molecule has 0 saturated heterocycles. The van der Waals surface area contributed by atoms with Gasteiger partial charge in [0.2, 0.25) is 0 Å². The first-order chi connectivity index (χ1) is 37.5. The van der Waals surface area contributed by atoms with Gasteiger partial charge in [-0.25, -0.2) is 0 Å². The van der Waals surface area contributed by atoms with Gasteiger partial charge in [0.15, 0.2) is 0 Å². The van der Waals surface area contributed by atoms with Crippen LogP contribution in [0.25, 0.3) is 68.8 Å². The summed E-state index contributed by atoms with van der Waals surface area (Å²) in [6, 6.07) is 71.3. The zero-order valence-electron chi connectivity index (χ0n) is 45.8. The summed E-state index contributed by atoms with van der Waals surface area (Å²) in [6.07, 6.45) is 11.6. The summed E-state index contributed by atoms with van der Waals surface area (Å²) in [7, 11) is 40.2. The Balaban J connectivity index is 1.17. The fourth-order valence-electron chi connectivity index (χ4n) is 16.8. The third-order valence-corrected chi connectivity index (χ3v) is 132. The van der Waals surface area contributed by atoms with Crippen LogP contribution >= 0.6 is 34.1 Å².